The van der Waals surface area contributed by atoms with Gasteiger partial charge in [-0.3, -0.25) is 9.59 Å². The fourth-order valence-electron chi connectivity index (χ4n) is 3.04. The van der Waals surface area contributed by atoms with Crippen LogP contribution in [0.4, 0.5) is 4.39 Å². The standard InChI is InChI=1S/C20H15ClFN3O2S/c1-2-25(10-16-23-14-6-4-3-5-12(14)19(26)24-16)20(27)18-17(21)13-8-7-11(22)9-15(13)28-18/h3-9H,2,10H2,1H3,(H,23,24,26). The third kappa shape index (κ3) is 3.27. The van der Waals surface area contributed by atoms with E-state index in [1.165, 1.54) is 12.1 Å². The van der Waals surface area contributed by atoms with Crippen LogP contribution in [0.3, 0.4) is 0 Å². The molecule has 1 amide bonds. The van der Waals surface area contributed by atoms with E-state index in [0.29, 0.717) is 43.3 Å². The van der Waals surface area contributed by atoms with Gasteiger partial charge in [0.15, 0.2) is 0 Å². The van der Waals surface area contributed by atoms with Crippen molar-refractivity contribution in [1.29, 1.82) is 0 Å². The molecule has 0 fully saturated rings. The van der Waals surface area contributed by atoms with E-state index in [1.54, 1.807) is 35.2 Å². The number of fused-ring (bicyclic) bond motifs is 2. The molecule has 2 aromatic heterocycles. The number of nitrogens with zero attached hydrogens (tertiary/aromatic N) is 2. The number of nitrogens with one attached hydrogen (secondary N) is 1. The molecule has 5 nitrogen and oxygen atoms in total. The molecule has 0 saturated heterocycles. The quantitative estimate of drug-likeness (QED) is 0.530. The lowest BCUT2D eigenvalue weighted by atomic mass is 10.2. The molecule has 0 aliphatic heterocycles. The summed E-state index contributed by atoms with van der Waals surface area (Å²) in [5.74, 6) is -0.276. The zero-order valence-electron chi connectivity index (χ0n) is 14.8. The minimum atomic E-state index is -0.380. The molecule has 28 heavy (non-hydrogen) atoms. The minimum Gasteiger partial charge on any atom is -0.331 e. The lowest BCUT2D eigenvalue weighted by molar-refractivity contribution is 0.0753. The number of aromatic nitrogens is 2. The Kier molecular flexibility index (Phi) is 4.87. The number of thiophene rings is 1. The number of hydrogen-bond acceptors (Lipinski definition) is 4. The molecule has 1 N–H and O–H groups in total. The Balaban J connectivity index is 1.69. The Morgan fingerprint density at radius 2 is 2.04 bits per heavy atom. The van der Waals surface area contributed by atoms with Gasteiger partial charge in [0.1, 0.15) is 16.5 Å². The van der Waals surface area contributed by atoms with Gasteiger partial charge in [0.2, 0.25) is 0 Å². The first-order chi connectivity index (χ1) is 13.5. The van der Waals surface area contributed by atoms with Crippen molar-refractivity contribution in [2.45, 2.75) is 13.5 Å². The van der Waals surface area contributed by atoms with Crippen molar-refractivity contribution in [3.05, 3.63) is 74.4 Å². The second-order valence-corrected chi connectivity index (χ2v) is 7.66. The summed E-state index contributed by atoms with van der Waals surface area (Å²) in [7, 11) is 0. The molecule has 0 spiro atoms. The summed E-state index contributed by atoms with van der Waals surface area (Å²) < 4.78 is 14.1. The molecule has 2 heterocycles. The van der Waals surface area contributed by atoms with Crippen molar-refractivity contribution in [2.24, 2.45) is 0 Å². The van der Waals surface area contributed by atoms with Crippen LogP contribution in [0, 0.1) is 5.82 Å². The molecule has 0 atom stereocenters. The molecular formula is C20H15ClFN3O2S. The molecule has 0 unspecified atom stereocenters. The number of rotatable bonds is 4. The van der Waals surface area contributed by atoms with E-state index in [-0.39, 0.29) is 23.8 Å². The Labute approximate surface area is 168 Å². The summed E-state index contributed by atoms with van der Waals surface area (Å²) in [5, 5.41) is 1.45. The van der Waals surface area contributed by atoms with E-state index in [0.717, 1.165) is 11.3 Å². The Morgan fingerprint density at radius 1 is 1.25 bits per heavy atom. The summed E-state index contributed by atoms with van der Waals surface area (Å²) in [6.07, 6.45) is 0. The molecule has 142 valence electrons. The van der Waals surface area contributed by atoms with Crippen LogP contribution in [0.15, 0.2) is 47.3 Å². The van der Waals surface area contributed by atoms with Crippen LogP contribution in [-0.2, 0) is 6.54 Å². The number of carbonyl (C=O) groups excluding carboxylic acids is 1. The first-order valence-corrected chi connectivity index (χ1v) is 9.82. The Morgan fingerprint density at radius 3 is 2.82 bits per heavy atom. The molecule has 4 rings (SSSR count). The maximum atomic E-state index is 13.5. The van der Waals surface area contributed by atoms with E-state index in [1.807, 2.05) is 6.92 Å². The first kappa shape index (κ1) is 18.6. The SMILES string of the molecule is CCN(Cc1nc2ccccc2c(=O)[nH]1)C(=O)c1sc2cc(F)ccc2c1Cl. The number of para-hydroxylation sites is 1. The van der Waals surface area contributed by atoms with Gasteiger partial charge in [-0.1, -0.05) is 23.7 Å². The second kappa shape index (κ2) is 7.33. The van der Waals surface area contributed by atoms with Crippen molar-refractivity contribution in [3.63, 3.8) is 0 Å². The second-order valence-electron chi connectivity index (χ2n) is 6.23. The van der Waals surface area contributed by atoms with E-state index in [4.69, 9.17) is 11.6 Å². The topological polar surface area (TPSA) is 66.1 Å². The van der Waals surface area contributed by atoms with Crippen LogP contribution < -0.4 is 5.56 Å². The molecule has 0 aliphatic carbocycles. The summed E-state index contributed by atoms with van der Waals surface area (Å²) in [4.78, 5) is 34.4. The predicted molar refractivity (Wildman–Crippen MR) is 110 cm³/mol. The maximum Gasteiger partial charge on any atom is 0.265 e. The first-order valence-electron chi connectivity index (χ1n) is 8.62. The van der Waals surface area contributed by atoms with Crippen LogP contribution in [0.5, 0.6) is 0 Å². The van der Waals surface area contributed by atoms with Crippen molar-refractivity contribution in [3.8, 4) is 0 Å². The number of carbonyl (C=O) groups is 1. The highest BCUT2D eigenvalue weighted by atomic mass is 35.5. The van der Waals surface area contributed by atoms with E-state index >= 15 is 0 Å². The number of hydrogen-bond donors (Lipinski definition) is 1. The van der Waals surface area contributed by atoms with Crippen molar-refractivity contribution < 1.29 is 9.18 Å². The third-order valence-corrected chi connectivity index (χ3v) is 6.10. The zero-order valence-corrected chi connectivity index (χ0v) is 16.4. The largest absolute Gasteiger partial charge is 0.331 e. The number of aromatic amines is 1. The maximum absolute atomic E-state index is 13.5. The normalized spacial score (nSPS) is 11.2. The van der Waals surface area contributed by atoms with Gasteiger partial charge in [-0.15, -0.1) is 11.3 Å². The van der Waals surface area contributed by atoms with E-state index in [2.05, 4.69) is 9.97 Å². The van der Waals surface area contributed by atoms with Gasteiger partial charge < -0.3 is 9.88 Å². The summed E-state index contributed by atoms with van der Waals surface area (Å²) in [6.45, 7) is 2.36. The van der Waals surface area contributed by atoms with Crippen LogP contribution in [0.2, 0.25) is 5.02 Å². The molecule has 0 bridgehead atoms. The minimum absolute atomic E-state index is 0.133. The number of halogens is 2. The van der Waals surface area contributed by atoms with Gasteiger partial charge in [-0.2, -0.15) is 0 Å². The van der Waals surface area contributed by atoms with Crippen LogP contribution in [-0.4, -0.2) is 27.3 Å². The summed E-state index contributed by atoms with van der Waals surface area (Å²) in [5.41, 5.74) is 0.319. The van der Waals surface area contributed by atoms with Crippen LogP contribution in [0.25, 0.3) is 21.0 Å². The fraction of sp³-hybridized carbons (Fsp3) is 0.150. The molecule has 8 heteroatoms. The molecule has 0 saturated carbocycles. The fourth-order valence-corrected chi connectivity index (χ4v) is 4.54. The number of H-pyrrole nitrogens is 1. The predicted octanol–water partition coefficient (Wildman–Crippen LogP) is 4.59. The zero-order chi connectivity index (χ0) is 19.8. The summed E-state index contributed by atoms with van der Waals surface area (Å²) in [6, 6.07) is 11.3. The highest BCUT2D eigenvalue weighted by Gasteiger charge is 2.23. The smallest absolute Gasteiger partial charge is 0.265 e. The number of benzene rings is 2. The van der Waals surface area contributed by atoms with E-state index < -0.39 is 0 Å². The van der Waals surface area contributed by atoms with Crippen LogP contribution in [0.1, 0.15) is 22.4 Å². The van der Waals surface area contributed by atoms with E-state index in [9.17, 15) is 14.0 Å². The Bertz CT molecular complexity index is 1270. The van der Waals surface area contributed by atoms with Gasteiger partial charge in [0.05, 0.1) is 22.5 Å². The molecule has 0 aliphatic rings. The van der Waals surface area contributed by atoms with Gasteiger partial charge >= 0.3 is 0 Å². The highest BCUT2D eigenvalue weighted by molar-refractivity contribution is 7.21. The lowest BCUT2D eigenvalue weighted by Gasteiger charge is -2.20. The summed E-state index contributed by atoms with van der Waals surface area (Å²) >= 11 is 7.53. The average molecular weight is 416 g/mol. The molecular weight excluding hydrogens is 401 g/mol. The van der Waals surface area contributed by atoms with Crippen molar-refractivity contribution in [1.82, 2.24) is 14.9 Å². The number of amides is 1. The van der Waals surface area contributed by atoms with Crippen molar-refractivity contribution >= 4 is 49.8 Å². The van der Waals surface area contributed by atoms with Gasteiger partial charge in [0, 0.05) is 16.6 Å². The molecule has 0 radical (unpaired) electrons. The lowest BCUT2D eigenvalue weighted by Crippen LogP contribution is -2.31. The Hall–Kier alpha value is -2.77. The van der Waals surface area contributed by atoms with Gasteiger partial charge in [-0.05, 0) is 37.3 Å². The van der Waals surface area contributed by atoms with Crippen molar-refractivity contribution in [2.75, 3.05) is 6.54 Å². The molecule has 4 aromatic rings. The monoisotopic (exact) mass is 415 g/mol. The molecule has 2 aromatic carbocycles. The highest BCUT2D eigenvalue weighted by Crippen LogP contribution is 2.36. The van der Waals surface area contributed by atoms with Crippen LogP contribution >= 0.6 is 22.9 Å². The van der Waals surface area contributed by atoms with Gasteiger partial charge in [-0.25, -0.2) is 9.37 Å². The third-order valence-electron chi connectivity index (χ3n) is 4.46. The van der Waals surface area contributed by atoms with Gasteiger partial charge in [0.25, 0.3) is 11.5 Å². The average Bonchev–Trinajstić information content (AvgIpc) is 3.01.